The van der Waals surface area contributed by atoms with Gasteiger partial charge >= 0.3 is 0 Å². The van der Waals surface area contributed by atoms with Crippen LogP contribution in [0.15, 0.2) is 23.3 Å². The molecule has 0 unspecified atom stereocenters. The van der Waals surface area contributed by atoms with Gasteiger partial charge in [0.05, 0.1) is 0 Å². The highest BCUT2D eigenvalue weighted by Gasteiger charge is 2.08. The fraction of sp³-hybridized carbons (Fsp3) is 0.878. The van der Waals surface area contributed by atoms with E-state index < -0.39 is 0 Å². The number of carbonyl (C=O) groups is 1. The summed E-state index contributed by atoms with van der Waals surface area (Å²) in [5.41, 5.74) is 2.79. The van der Waals surface area contributed by atoms with Crippen molar-refractivity contribution in [2.45, 2.75) is 198 Å². The first kappa shape index (κ1) is 41.1. The van der Waals surface area contributed by atoms with Crippen LogP contribution in [0.25, 0.3) is 0 Å². The third-order valence-corrected chi connectivity index (χ3v) is 9.64. The molecule has 0 aliphatic rings. The molecular formula is C41H78O. The van der Waals surface area contributed by atoms with Crippen molar-refractivity contribution in [2.24, 2.45) is 35.5 Å². The van der Waals surface area contributed by atoms with Crippen molar-refractivity contribution >= 4 is 5.78 Å². The van der Waals surface area contributed by atoms with Crippen molar-refractivity contribution in [3.05, 3.63) is 23.3 Å². The van der Waals surface area contributed by atoms with Crippen molar-refractivity contribution in [1.82, 2.24) is 0 Å². The lowest BCUT2D eigenvalue weighted by molar-refractivity contribution is -0.117. The average molecular weight is 587 g/mol. The van der Waals surface area contributed by atoms with Gasteiger partial charge in [-0.3, -0.25) is 4.79 Å². The predicted molar refractivity (Wildman–Crippen MR) is 191 cm³/mol. The molecule has 0 saturated heterocycles. The Labute approximate surface area is 266 Å². The lowest BCUT2D eigenvalue weighted by atomic mass is 9.91. The molecule has 1 nitrogen and oxygen atoms in total. The Morgan fingerprint density at radius 3 is 0.976 bits per heavy atom. The highest BCUT2D eigenvalue weighted by Crippen LogP contribution is 2.24. The van der Waals surface area contributed by atoms with Gasteiger partial charge in [0.2, 0.25) is 0 Å². The molecule has 248 valence electrons. The number of carbonyl (C=O) groups excluding carboxylic acids is 1. The van der Waals surface area contributed by atoms with E-state index in [0.29, 0.717) is 18.6 Å². The fourth-order valence-electron chi connectivity index (χ4n) is 6.28. The molecule has 1 heteroatoms. The van der Waals surface area contributed by atoms with E-state index in [1.807, 2.05) is 0 Å². The number of allylic oxidation sites excluding steroid dienone is 4. The summed E-state index contributed by atoms with van der Waals surface area (Å²) in [4.78, 5) is 12.5. The van der Waals surface area contributed by atoms with Crippen molar-refractivity contribution in [1.29, 1.82) is 0 Å². The third kappa shape index (κ3) is 28.0. The van der Waals surface area contributed by atoms with Gasteiger partial charge in [-0.15, -0.1) is 0 Å². The van der Waals surface area contributed by atoms with Crippen molar-refractivity contribution in [2.75, 3.05) is 0 Å². The molecule has 0 aliphatic carbocycles. The Bertz CT molecular complexity index is 638. The monoisotopic (exact) mass is 587 g/mol. The van der Waals surface area contributed by atoms with E-state index in [1.165, 1.54) is 114 Å². The zero-order valence-electron chi connectivity index (χ0n) is 30.7. The second-order valence-corrected chi connectivity index (χ2v) is 15.8. The molecule has 0 aromatic heterocycles. The van der Waals surface area contributed by atoms with E-state index in [1.54, 1.807) is 0 Å². The molecule has 0 radical (unpaired) electrons. The van der Waals surface area contributed by atoms with Gasteiger partial charge in [0.15, 0.2) is 0 Å². The van der Waals surface area contributed by atoms with Crippen molar-refractivity contribution < 1.29 is 4.79 Å². The first-order valence-electron chi connectivity index (χ1n) is 18.7. The van der Waals surface area contributed by atoms with E-state index in [0.717, 1.165) is 48.3 Å². The van der Waals surface area contributed by atoms with Crippen LogP contribution in [0.3, 0.4) is 0 Å². The molecule has 0 bridgehead atoms. The normalized spacial score (nSPS) is 15.8. The third-order valence-electron chi connectivity index (χ3n) is 9.64. The molecule has 4 atom stereocenters. The number of rotatable bonds is 28. The molecule has 0 heterocycles. The minimum absolute atomic E-state index is 0.362. The summed E-state index contributed by atoms with van der Waals surface area (Å²) in [6.45, 7) is 23.5. The zero-order chi connectivity index (χ0) is 31.8. The van der Waals surface area contributed by atoms with Crippen molar-refractivity contribution in [3.63, 3.8) is 0 Å². The average Bonchev–Trinajstić information content (AvgIpc) is 2.90. The Morgan fingerprint density at radius 1 is 0.429 bits per heavy atom. The summed E-state index contributed by atoms with van der Waals surface area (Å²) in [5, 5.41) is 0. The molecule has 0 saturated carbocycles. The number of hydrogen-bond acceptors (Lipinski definition) is 1. The maximum Gasteiger partial charge on any atom is 0.140 e. The largest absolute Gasteiger partial charge is 0.299 e. The Kier molecular flexibility index (Phi) is 26.0. The minimum Gasteiger partial charge on any atom is -0.299 e. The summed E-state index contributed by atoms with van der Waals surface area (Å²) in [6, 6.07) is 0. The summed E-state index contributed by atoms with van der Waals surface area (Å²) in [5.74, 6) is 5.48. The molecule has 0 spiro atoms. The number of ketones is 1. The summed E-state index contributed by atoms with van der Waals surface area (Å²) in [7, 11) is 0. The Balaban J connectivity index is 3.93. The van der Waals surface area contributed by atoms with Crippen LogP contribution >= 0.6 is 0 Å². The first-order chi connectivity index (χ1) is 19.9. The van der Waals surface area contributed by atoms with Gasteiger partial charge < -0.3 is 0 Å². The first-order valence-corrected chi connectivity index (χ1v) is 18.7. The summed E-state index contributed by atoms with van der Waals surface area (Å²) in [6.07, 6.45) is 29.7. The molecule has 0 amide bonds. The summed E-state index contributed by atoms with van der Waals surface area (Å²) >= 11 is 0. The van der Waals surface area contributed by atoms with Crippen LogP contribution in [-0.2, 0) is 4.79 Å². The SMILES string of the molecule is C/C(=C/CC(=O)C/C=C(/C)CCC[C@H](C)CCC[C@H](C)CCCC(C)C)CCC[C@@H](C)CCC[C@@H](C)CCCC(C)C. The number of hydrogen-bond donors (Lipinski definition) is 0. The van der Waals surface area contributed by atoms with Crippen LogP contribution in [0.2, 0.25) is 0 Å². The quantitative estimate of drug-likeness (QED) is 0.0833. The van der Waals surface area contributed by atoms with Gasteiger partial charge in [-0.05, 0) is 75.0 Å². The lowest BCUT2D eigenvalue weighted by Gasteiger charge is -2.15. The highest BCUT2D eigenvalue weighted by molar-refractivity contribution is 5.81. The van der Waals surface area contributed by atoms with Gasteiger partial charge in [0.25, 0.3) is 0 Å². The van der Waals surface area contributed by atoms with E-state index >= 15 is 0 Å². The summed E-state index contributed by atoms with van der Waals surface area (Å²) < 4.78 is 0. The second-order valence-electron chi connectivity index (χ2n) is 15.8. The van der Waals surface area contributed by atoms with Crippen molar-refractivity contribution in [3.8, 4) is 0 Å². The Morgan fingerprint density at radius 2 is 0.690 bits per heavy atom. The van der Waals surface area contributed by atoms with E-state index in [9.17, 15) is 4.79 Å². The lowest BCUT2D eigenvalue weighted by Crippen LogP contribution is -2.00. The molecule has 0 aromatic carbocycles. The molecule has 0 fully saturated rings. The van der Waals surface area contributed by atoms with Crippen LogP contribution in [0.4, 0.5) is 0 Å². The molecule has 0 rings (SSSR count). The van der Waals surface area contributed by atoms with Gasteiger partial charge in [0.1, 0.15) is 5.78 Å². The number of Topliss-reactive ketones (excluding diaryl/α,β-unsaturated/α-hetero) is 1. The maximum absolute atomic E-state index is 12.5. The molecule has 0 aromatic rings. The van der Waals surface area contributed by atoms with Crippen LogP contribution in [0, 0.1) is 35.5 Å². The minimum atomic E-state index is 0.362. The van der Waals surface area contributed by atoms with E-state index in [-0.39, 0.29) is 0 Å². The Hall–Kier alpha value is -0.850. The molecular weight excluding hydrogens is 508 g/mol. The molecule has 0 aliphatic heterocycles. The smallest absolute Gasteiger partial charge is 0.140 e. The van der Waals surface area contributed by atoms with Crippen LogP contribution in [-0.4, -0.2) is 5.78 Å². The van der Waals surface area contributed by atoms with Crippen LogP contribution in [0.1, 0.15) is 198 Å². The van der Waals surface area contributed by atoms with E-state index in [2.05, 4.69) is 81.4 Å². The maximum atomic E-state index is 12.5. The van der Waals surface area contributed by atoms with Crippen LogP contribution in [0.5, 0.6) is 0 Å². The van der Waals surface area contributed by atoms with E-state index in [4.69, 9.17) is 0 Å². The topological polar surface area (TPSA) is 17.1 Å². The fourth-order valence-corrected chi connectivity index (χ4v) is 6.28. The van der Waals surface area contributed by atoms with Gasteiger partial charge in [-0.2, -0.15) is 0 Å². The molecule has 42 heavy (non-hydrogen) atoms. The second kappa shape index (κ2) is 26.5. The van der Waals surface area contributed by atoms with Gasteiger partial charge in [0, 0.05) is 12.8 Å². The van der Waals surface area contributed by atoms with Gasteiger partial charge in [-0.25, -0.2) is 0 Å². The van der Waals surface area contributed by atoms with Gasteiger partial charge in [-0.1, -0.05) is 169 Å². The highest BCUT2D eigenvalue weighted by atomic mass is 16.1. The molecule has 0 N–H and O–H groups in total. The standard InChI is InChI=1S/C41H78O/c1-33(2)17-11-19-35(5)21-13-23-37(7)25-15-27-39(9)29-31-41(42)32-30-40(10)28-16-26-38(8)24-14-22-36(6)20-12-18-34(3)4/h29-30,33-38H,11-28,31-32H2,1-10H3/b39-29-,40-30-/t35-,36+,37-,38+. The predicted octanol–water partition coefficient (Wildman–Crippen LogP) is 14.1. The zero-order valence-corrected chi connectivity index (χ0v) is 30.7. The van der Waals surface area contributed by atoms with Crippen LogP contribution < -0.4 is 0 Å².